The van der Waals surface area contributed by atoms with E-state index in [-0.39, 0.29) is 32.7 Å². The molecule has 3 N–H and O–H groups in total. The van der Waals surface area contributed by atoms with Gasteiger partial charge in [-0.2, -0.15) is 0 Å². The maximum Gasteiger partial charge on any atom is 0.138 e. The van der Waals surface area contributed by atoms with Gasteiger partial charge in [-0.05, 0) is 67.5 Å². The molecule has 1 aliphatic heterocycles. The molecule has 0 unspecified atom stereocenters. The second kappa shape index (κ2) is 6.05. The van der Waals surface area contributed by atoms with Crippen LogP contribution in [0.5, 0.6) is 5.75 Å². The van der Waals surface area contributed by atoms with E-state index in [4.69, 9.17) is 4.74 Å². The molecule has 5 heteroatoms. The molecule has 0 saturated heterocycles. The molecule has 0 fully saturated rings. The van der Waals surface area contributed by atoms with Gasteiger partial charge in [0.25, 0.3) is 0 Å². The fraction of sp³-hybridized carbons (Fsp3) is 0.385. The van der Waals surface area contributed by atoms with Gasteiger partial charge in [-0.15, -0.1) is 0 Å². The Bertz CT molecular complexity index is 528. The van der Waals surface area contributed by atoms with Crippen molar-refractivity contribution in [2.24, 2.45) is 0 Å². The third-order valence-corrected chi connectivity index (χ3v) is 5.65. The number of hydrogen-bond acceptors (Lipinski definition) is 1. The van der Waals surface area contributed by atoms with Crippen molar-refractivity contribution in [3.63, 3.8) is 0 Å². The predicted octanol–water partition coefficient (Wildman–Crippen LogP) is 2.72. The summed E-state index contributed by atoms with van der Waals surface area (Å²) in [7, 11) is 0. The number of allylic oxidation sites excluding steroid dienone is 1. The van der Waals surface area contributed by atoms with Crippen molar-refractivity contribution in [1.82, 2.24) is 0 Å². The number of benzene rings is 1. The molecular weight excluding hydrogens is 435 g/mol. The quantitative estimate of drug-likeness (QED) is 0.704. The molecule has 3 rings (SSSR count). The molecular formula is C13H14Br2NOY+. The van der Waals surface area contributed by atoms with E-state index in [2.05, 4.69) is 43.7 Å². The van der Waals surface area contributed by atoms with E-state index in [1.165, 1.54) is 26.7 Å². The second-order valence-electron chi connectivity index (χ2n) is 4.41. The van der Waals surface area contributed by atoms with Crippen LogP contribution in [0.2, 0.25) is 0 Å². The maximum atomic E-state index is 5.74. The molecule has 1 heterocycles. The molecule has 0 spiro atoms. The van der Waals surface area contributed by atoms with E-state index in [9.17, 15) is 0 Å². The van der Waals surface area contributed by atoms with E-state index in [0.717, 1.165) is 42.6 Å². The smallest absolute Gasteiger partial charge is 0.138 e. The summed E-state index contributed by atoms with van der Waals surface area (Å²) in [5.41, 5.74) is 9.62. The minimum atomic E-state index is 0. The van der Waals surface area contributed by atoms with E-state index in [0.29, 0.717) is 0 Å². The van der Waals surface area contributed by atoms with Crippen LogP contribution in [0.1, 0.15) is 23.1 Å². The van der Waals surface area contributed by atoms with Crippen LogP contribution in [0.4, 0.5) is 0 Å². The van der Waals surface area contributed by atoms with Crippen LogP contribution in [0.15, 0.2) is 15.0 Å². The molecule has 1 aliphatic carbocycles. The Morgan fingerprint density at radius 2 is 1.89 bits per heavy atom. The minimum Gasteiger partial charge on any atom is -0.492 e. The molecule has 0 saturated carbocycles. The maximum absolute atomic E-state index is 5.74. The first-order valence-electron chi connectivity index (χ1n) is 5.88. The second-order valence-corrected chi connectivity index (χ2v) is 5.99. The van der Waals surface area contributed by atoms with Crippen LogP contribution in [0.3, 0.4) is 0 Å². The minimum absolute atomic E-state index is 0. The number of ether oxygens (including phenoxy) is 1. The van der Waals surface area contributed by atoms with Gasteiger partial charge in [-0.1, -0.05) is 0 Å². The van der Waals surface area contributed by atoms with Gasteiger partial charge in [-0.25, -0.2) is 0 Å². The summed E-state index contributed by atoms with van der Waals surface area (Å²) in [6.45, 7) is 1.66. The third kappa shape index (κ3) is 2.28. The SMILES string of the molecule is [NH3+]C/C=C1\CCc2c(Br)c(Br)c3c(c21)CCO3.[Y]. The predicted molar refractivity (Wildman–Crippen MR) is 75.1 cm³/mol. The Morgan fingerprint density at radius 3 is 2.61 bits per heavy atom. The van der Waals surface area contributed by atoms with Crippen LogP contribution in [-0.4, -0.2) is 13.2 Å². The molecule has 0 aromatic heterocycles. The summed E-state index contributed by atoms with van der Waals surface area (Å²) in [6.07, 6.45) is 5.53. The normalized spacial score (nSPS) is 18.3. The summed E-state index contributed by atoms with van der Waals surface area (Å²) >= 11 is 7.33. The Morgan fingerprint density at radius 1 is 1.11 bits per heavy atom. The number of quaternary nitrogens is 1. The van der Waals surface area contributed by atoms with Crippen molar-refractivity contribution in [2.45, 2.75) is 19.3 Å². The zero-order valence-corrected chi connectivity index (χ0v) is 16.1. The van der Waals surface area contributed by atoms with Crippen molar-refractivity contribution >= 4 is 37.4 Å². The monoisotopic (exact) mass is 447 g/mol. The zero-order chi connectivity index (χ0) is 12.0. The standard InChI is InChI=1S/C13H13Br2NO.Y/c14-11-8-2-1-7(3-5-16)10(8)9-4-6-17-13(9)12(11)15;/h3H,1-2,4-6,16H2;/p+1/b7-3+;. The van der Waals surface area contributed by atoms with Crippen LogP contribution in [0.25, 0.3) is 5.57 Å². The van der Waals surface area contributed by atoms with Gasteiger partial charge in [0.05, 0.1) is 17.6 Å². The number of halogens is 2. The van der Waals surface area contributed by atoms with Crippen molar-refractivity contribution in [1.29, 1.82) is 0 Å². The molecule has 2 nitrogen and oxygen atoms in total. The first-order valence-corrected chi connectivity index (χ1v) is 7.46. The summed E-state index contributed by atoms with van der Waals surface area (Å²) in [5.74, 6) is 1.03. The Balaban J connectivity index is 0.00000120. The van der Waals surface area contributed by atoms with Crippen LogP contribution < -0.4 is 10.5 Å². The molecule has 2 aliphatic rings. The number of hydrogen-bond donors (Lipinski definition) is 1. The summed E-state index contributed by atoms with van der Waals surface area (Å²) < 4.78 is 7.99. The Labute approximate surface area is 149 Å². The van der Waals surface area contributed by atoms with E-state index < -0.39 is 0 Å². The number of fused-ring (bicyclic) bond motifs is 3. The van der Waals surface area contributed by atoms with Crippen molar-refractivity contribution in [3.05, 3.63) is 31.7 Å². The van der Waals surface area contributed by atoms with Gasteiger partial charge in [0.15, 0.2) is 0 Å². The van der Waals surface area contributed by atoms with Gasteiger partial charge in [-0.3, -0.25) is 0 Å². The molecule has 93 valence electrons. The van der Waals surface area contributed by atoms with Crippen LogP contribution in [-0.2, 0) is 45.6 Å². The third-order valence-electron chi connectivity index (χ3n) is 3.49. The van der Waals surface area contributed by atoms with Gasteiger partial charge in [0.2, 0.25) is 0 Å². The fourth-order valence-electron chi connectivity index (χ4n) is 2.80. The number of rotatable bonds is 1. The molecule has 0 amide bonds. The van der Waals surface area contributed by atoms with Crippen molar-refractivity contribution < 1.29 is 43.2 Å². The summed E-state index contributed by atoms with van der Waals surface area (Å²) in [6, 6.07) is 0. The average Bonchev–Trinajstić information content (AvgIpc) is 2.92. The topological polar surface area (TPSA) is 36.9 Å². The van der Waals surface area contributed by atoms with Gasteiger partial charge < -0.3 is 10.5 Å². The first-order chi connectivity index (χ1) is 8.24. The molecule has 18 heavy (non-hydrogen) atoms. The van der Waals surface area contributed by atoms with E-state index in [1.54, 1.807) is 0 Å². The van der Waals surface area contributed by atoms with Gasteiger partial charge in [0, 0.05) is 49.2 Å². The van der Waals surface area contributed by atoms with E-state index in [1.807, 2.05) is 0 Å². The largest absolute Gasteiger partial charge is 0.492 e. The average molecular weight is 449 g/mol. The van der Waals surface area contributed by atoms with E-state index >= 15 is 0 Å². The summed E-state index contributed by atoms with van der Waals surface area (Å²) in [5, 5.41) is 0. The zero-order valence-electron chi connectivity index (χ0n) is 10.1. The van der Waals surface area contributed by atoms with Crippen molar-refractivity contribution in [2.75, 3.05) is 13.2 Å². The van der Waals surface area contributed by atoms with Gasteiger partial charge >= 0.3 is 0 Å². The van der Waals surface area contributed by atoms with Crippen LogP contribution >= 0.6 is 31.9 Å². The fourth-order valence-corrected chi connectivity index (χ4v) is 3.97. The Hall–Kier alpha value is 0.784. The molecule has 1 aromatic rings. The molecule has 1 aromatic carbocycles. The molecule has 0 bridgehead atoms. The molecule has 1 radical (unpaired) electrons. The van der Waals surface area contributed by atoms with Crippen LogP contribution in [0, 0.1) is 0 Å². The van der Waals surface area contributed by atoms with Crippen molar-refractivity contribution in [3.8, 4) is 5.75 Å². The van der Waals surface area contributed by atoms with Gasteiger partial charge in [0.1, 0.15) is 5.75 Å². The Kier molecular flexibility index (Phi) is 5.10. The first kappa shape index (κ1) is 15.2. The molecule has 0 atom stereocenters. The summed E-state index contributed by atoms with van der Waals surface area (Å²) in [4.78, 5) is 0.